The molecule has 0 unspecified atom stereocenters. The van der Waals surface area contributed by atoms with Gasteiger partial charge in [0.2, 0.25) is 0 Å². The highest BCUT2D eigenvalue weighted by Crippen LogP contribution is 2.26. The van der Waals surface area contributed by atoms with Gasteiger partial charge in [0.05, 0.1) is 11.4 Å². The standard InChI is InChI=1S/C15H26ClN3/c1-4-18(5-2)10-7-11-19(6-3)15-9-8-13(16)12-14(15)17/h8-9,12H,4-7,10-11,17H2,1-3H3. The Labute approximate surface area is 122 Å². The fraction of sp³-hybridized carbons (Fsp3) is 0.600. The van der Waals surface area contributed by atoms with Crippen LogP contribution in [0, 0.1) is 0 Å². The first-order valence-electron chi connectivity index (χ1n) is 7.14. The van der Waals surface area contributed by atoms with Crippen LogP contribution in [-0.4, -0.2) is 37.6 Å². The van der Waals surface area contributed by atoms with Gasteiger partial charge >= 0.3 is 0 Å². The van der Waals surface area contributed by atoms with Gasteiger partial charge in [0.1, 0.15) is 0 Å². The number of anilines is 2. The molecule has 0 bridgehead atoms. The van der Waals surface area contributed by atoms with E-state index >= 15 is 0 Å². The third kappa shape index (κ3) is 4.92. The summed E-state index contributed by atoms with van der Waals surface area (Å²) in [6.45, 7) is 11.9. The SMILES string of the molecule is CCN(CC)CCCN(CC)c1ccc(Cl)cc1N. The van der Waals surface area contributed by atoms with Gasteiger partial charge in [0.25, 0.3) is 0 Å². The Morgan fingerprint density at radius 1 is 1.05 bits per heavy atom. The smallest absolute Gasteiger partial charge is 0.0600 e. The molecule has 0 aliphatic carbocycles. The van der Waals surface area contributed by atoms with Crippen LogP contribution in [0.15, 0.2) is 18.2 Å². The van der Waals surface area contributed by atoms with Crippen LogP contribution in [-0.2, 0) is 0 Å². The molecule has 0 heterocycles. The third-order valence-corrected chi connectivity index (χ3v) is 3.74. The van der Waals surface area contributed by atoms with Gasteiger partial charge in [-0.25, -0.2) is 0 Å². The quantitative estimate of drug-likeness (QED) is 0.742. The number of rotatable bonds is 8. The van der Waals surface area contributed by atoms with Gasteiger partial charge in [-0.2, -0.15) is 0 Å². The monoisotopic (exact) mass is 283 g/mol. The molecule has 0 saturated heterocycles. The number of nitrogens with two attached hydrogens (primary N) is 1. The highest BCUT2D eigenvalue weighted by molar-refractivity contribution is 6.31. The number of nitrogen functional groups attached to an aromatic ring is 1. The lowest BCUT2D eigenvalue weighted by Crippen LogP contribution is -2.30. The summed E-state index contributed by atoms with van der Waals surface area (Å²) in [5.41, 5.74) is 7.90. The predicted molar refractivity (Wildman–Crippen MR) is 86.2 cm³/mol. The average Bonchev–Trinajstić information content (AvgIpc) is 2.40. The van der Waals surface area contributed by atoms with Crippen molar-refractivity contribution >= 4 is 23.0 Å². The summed E-state index contributed by atoms with van der Waals surface area (Å²) in [6, 6.07) is 5.74. The molecule has 3 nitrogen and oxygen atoms in total. The molecule has 1 aromatic rings. The maximum Gasteiger partial charge on any atom is 0.0600 e. The van der Waals surface area contributed by atoms with Crippen LogP contribution in [0.5, 0.6) is 0 Å². The summed E-state index contributed by atoms with van der Waals surface area (Å²) < 4.78 is 0. The number of benzene rings is 1. The first-order valence-corrected chi connectivity index (χ1v) is 7.52. The van der Waals surface area contributed by atoms with Gasteiger partial charge < -0.3 is 15.5 Å². The molecule has 0 aliphatic heterocycles. The molecule has 0 spiro atoms. The van der Waals surface area contributed by atoms with Crippen LogP contribution in [0.1, 0.15) is 27.2 Å². The Balaban J connectivity index is 2.58. The van der Waals surface area contributed by atoms with E-state index in [0.717, 1.165) is 50.5 Å². The maximum absolute atomic E-state index is 6.05. The van der Waals surface area contributed by atoms with Crippen LogP contribution in [0.4, 0.5) is 11.4 Å². The highest BCUT2D eigenvalue weighted by Gasteiger charge is 2.09. The summed E-state index contributed by atoms with van der Waals surface area (Å²) in [5, 5.41) is 0.695. The molecule has 1 rings (SSSR count). The predicted octanol–water partition coefficient (Wildman–Crippen LogP) is 3.48. The molecule has 0 fully saturated rings. The number of halogens is 1. The summed E-state index contributed by atoms with van der Waals surface area (Å²) >= 11 is 5.94. The first-order chi connectivity index (χ1) is 9.12. The highest BCUT2D eigenvalue weighted by atomic mass is 35.5. The van der Waals surface area contributed by atoms with Crippen molar-refractivity contribution in [3.63, 3.8) is 0 Å². The largest absolute Gasteiger partial charge is 0.397 e. The molecule has 1 aromatic carbocycles. The van der Waals surface area contributed by atoms with Gasteiger partial charge in [-0.05, 0) is 51.2 Å². The molecule has 0 amide bonds. The van der Waals surface area contributed by atoms with E-state index in [0.29, 0.717) is 5.02 Å². The van der Waals surface area contributed by atoms with E-state index in [4.69, 9.17) is 17.3 Å². The fourth-order valence-corrected chi connectivity index (χ4v) is 2.47. The topological polar surface area (TPSA) is 32.5 Å². The van der Waals surface area contributed by atoms with Crippen molar-refractivity contribution in [1.29, 1.82) is 0 Å². The molecule has 0 aromatic heterocycles. The zero-order valence-electron chi connectivity index (χ0n) is 12.3. The van der Waals surface area contributed by atoms with Gasteiger partial charge in [-0.3, -0.25) is 0 Å². The summed E-state index contributed by atoms with van der Waals surface area (Å²) in [5.74, 6) is 0. The van der Waals surface area contributed by atoms with Crippen molar-refractivity contribution in [2.45, 2.75) is 27.2 Å². The molecule has 19 heavy (non-hydrogen) atoms. The number of hydrogen-bond acceptors (Lipinski definition) is 3. The minimum absolute atomic E-state index is 0.695. The lowest BCUT2D eigenvalue weighted by molar-refractivity contribution is 0.301. The molecule has 0 saturated carbocycles. The van der Waals surface area contributed by atoms with Crippen LogP contribution >= 0.6 is 11.6 Å². The molecule has 108 valence electrons. The molecule has 4 heteroatoms. The average molecular weight is 284 g/mol. The third-order valence-electron chi connectivity index (χ3n) is 3.51. The fourth-order valence-electron chi connectivity index (χ4n) is 2.29. The van der Waals surface area contributed by atoms with Gasteiger partial charge in [-0.1, -0.05) is 25.4 Å². The van der Waals surface area contributed by atoms with Crippen LogP contribution in [0.2, 0.25) is 5.02 Å². The van der Waals surface area contributed by atoms with Gasteiger partial charge in [-0.15, -0.1) is 0 Å². The van der Waals surface area contributed by atoms with Crippen LogP contribution in [0.25, 0.3) is 0 Å². The van der Waals surface area contributed by atoms with E-state index in [1.54, 1.807) is 0 Å². The molecule has 2 N–H and O–H groups in total. The number of hydrogen-bond donors (Lipinski definition) is 1. The second kappa shape index (κ2) is 8.28. The van der Waals surface area contributed by atoms with Crippen LogP contribution in [0.3, 0.4) is 0 Å². The second-order valence-corrected chi connectivity index (χ2v) is 5.10. The second-order valence-electron chi connectivity index (χ2n) is 4.66. The van der Waals surface area contributed by atoms with Crippen molar-refractivity contribution in [1.82, 2.24) is 4.90 Å². The van der Waals surface area contributed by atoms with Gasteiger partial charge in [0.15, 0.2) is 0 Å². The zero-order valence-corrected chi connectivity index (χ0v) is 13.1. The summed E-state index contributed by atoms with van der Waals surface area (Å²) in [4.78, 5) is 4.76. The van der Waals surface area contributed by atoms with E-state index in [1.807, 2.05) is 18.2 Å². The lowest BCUT2D eigenvalue weighted by atomic mass is 10.2. The Bertz CT molecular complexity index is 378. The van der Waals surface area contributed by atoms with Gasteiger partial charge in [0, 0.05) is 18.1 Å². The molecular weight excluding hydrogens is 258 g/mol. The van der Waals surface area contributed by atoms with E-state index < -0.39 is 0 Å². The maximum atomic E-state index is 6.05. The Morgan fingerprint density at radius 2 is 1.74 bits per heavy atom. The Morgan fingerprint density at radius 3 is 2.26 bits per heavy atom. The molecular formula is C15H26ClN3. The van der Waals surface area contributed by atoms with Crippen molar-refractivity contribution in [2.24, 2.45) is 0 Å². The lowest BCUT2D eigenvalue weighted by Gasteiger charge is -2.26. The number of nitrogens with zero attached hydrogens (tertiary/aromatic N) is 2. The molecule has 0 aliphatic rings. The van der Waals surface area contributed by atoms with Crippen molar-refractivity contribution in [3.8, 4) is 0 Å². The van der Waals surface area contributed by atoms with E-state index in [1.165, 1.54) is 0 Å². The van der Waals surface area contributed by atoms with Crippen molar-refractivity contribution in [2.75, 3.05) is 43.4 Å². The first kappa shape index (κ1) is 16.1. The van der Waals surface area contributed by atoms with Crippen molar-refractivity contribution < 1.29 is 0 Å². The minimum atomic E-state index is 0.695. The Hall–Kier alpha value is -0.930. The van der Waals surface area contributed by atoms with E-state index in [9.17, 15) is 0 Å². The summed E-state index contributed by atoms with van der Waals surface area (Å²) in [6.07, 6.45) is 1.15. The van der Waals surface area contributed by atoms with Crippen molar-refractivity contribution in [3.05, 3.63) is 23.2 Å². The van der Waals surface area contributed by atoms with E-state index in [-0.39, 0.29) is 0 Å². The van der Waals surface area contributed by atoms with E-state index in [2.05, 4.69) is 30.6 Å². The normalized spacial score (nSPS) is 11.0. The van der Waals surface area contributed by atoms with Crippen LogP contribution < -0.4 is 10.6 Å². The Kier molecular flexibility index (Phi) is 7.03. The summed E-state index contributed by atoms with van der Waals surface area (Å²) in [7, 11) is 0. The zero-order chi connectivity index (χ0) is 14.3. The molecule has 0 atom stereocenters. The molecule has 0 radical (unpaired) electrons. The minimum Gasteiger partial charge on any atom is -0.397 e.